The number of hydrogen-bond donors (Lipinski definition) is 1. The SMILES string of the molecule is Cc1cc(O)c(CN2CCN(Cc3ccccc3)CC2)c2c1C(=O)/C(=C/C=C/c1ccccc1)O2. The van der Waals surface area contributed by atoms with E-state index in [-0.39, 0.29) is 17.3 Å². The van der Waals surface area contributed by atoms with E-state index in [1.165, 1.54) is 5.56 Å². The number of hydrogen-bond acceptors (Lipinski definition) is 5. The molecule has 3 aromatic carbocycles. The maximum absolute atomic E-state index is 13.1. The van der Waals surface area contributed by atoms with Gasteiger partial charge < -0.3 is 9.84 Å². The third-order valence-corrected chi connectivity index (χ3v) is 6.65. The molecule has 3 aromatic rings. The zero-order valence-corrected chi connectivity index (χ0v) is 20.0. The number of ketones is 1. The fraction of sp³-hybridized carbons (Fsp3) is 0.233. The maximum atomic E-state index is 13.1. The van der Waals surface area contributed by atoms with E-state index < -0.39 is 0 Å². The van der Waals surface area contributed by atoms with E-state index in [9.17, 15) is 9.90 Å². The van der Waals surface area contributed by atoms with Crippen LogP contribution in [0.15, 0.2) is 84.6 Å². The lowest BCUT2D eigenvalue weighted by molar-refractivity contribution is 0.101. The first kappa shape index (κ1) is 23.1. The minimum atomic E-state index is -0.135. The molecule has 2 aliphatic heterocycles. The second-order valence-electron chi connectivity index (χ2n) is 9.17. The van der Waals surface area contributed by atoms with Gasteiger partial charge in [0.1, 0.15) is 11.5 Å². The van der Waals surface area contributed by atoms with Crippen LogP contribution in [0.5, 0.6) is 11.5 Å². The van der Waals surface area contributed by atoms with E-state index in [0.29, 0.717) is 23.4 Å². The van der Waals surface area contributed by atoms with Gasteiger partial charge in [0.2, 0.25) is 5.78 Å². The number of fused-ring (bicyclic) bond motifs is 1. The molecule has 2 aliphatic rings. The van der Waals surface area contributed by atoms with Crippen molar-refractivity contribution in [2.24, 2.45) is 0 Å². The first-order valence-electron chi connectivity index (χ1n) is 12.1. The van der Waals surface area contributed by atoms with Crippen molar-refractivity contribution in [2.45, 2.75) is 20.0 Å². The average molecular weight is 467 g/mol. The number of carbonyl (C=O) groups is 1. The Labute approximate surface area is 206 Å². The fourth-order valence-electron chi connectivity index (χ4n) is 4.73. The zero-order valence-electron chi connectivity index (χ0n) is 20.0. The second-order valence-corrected chi connectivity index (χ2v) is 9.17. The summed E-state index contributed by atoms with van der Waals surface area (Å²) in [4.78, 5) is 17.9. The Morgan fingerprint density at radius 1 is 0.914 bits per heavy atom. The number of allylic oxidation sites excluding steroid dienone is 3. The molecule has 5 nitrogen and oxygen atoms in total. The number of aryl methyl sites for hydroxylation is 1. The molecule has 1 fully saturated rings. The number of benzene rings is 3. The summed E-state index contributed by atoms with van der Waals surface area (Å²) in [6, 6.07) is 22.1. The second kappa shape index (κ2) is 10.3. The molecule has 0 aromatic heterocycles. The Hall–Kier alpha value is -3.67. The number of carbonyl (C=O) groups excluding carboxylic acids is 1. The normalized spacial score (nSPS) is 17.7. The Morgan fingerprint density at radius 3 is 2.23 bits per heavy atom. The van der Waals surface area contributed by atoms with Gasteiger partial charge in [0.25, 0.3) is 0 Å². The molecule has 5 heteroatoms. The van der Waals surface area contributed by atoms with E-state index in [0.717, 1.165) is 43.9 Å². The van der Waals surface area contributed by atoms with Gasteiger partial charge in [0.15, 0.2) is 5.76 Å². The number of aromatic hydroxyl groups is 1. The molecular formula is C30H30N2O3. The summed E-state index contributed by atoms with van der Waals surface area (Å²) in [5.74, 6) is 0.833. The lowest BCUT2D eigenvalue weighted by atomic mass is 9.99. The van der Waals surface area contributed by atoms with Crippen LogP contribution < -0.4 is 4.74 Å². The van der Waals surface area contributed by atoms with E-state index in [1.807, 2.05) is 55.5 Å². The highest BCUT2D eigenvalue weighted by molar-refractivity contribution is 6.14. The Bertz CT molecular complexity index is 1260. The van der Waals surface area contributed by atoms with Crippen LogP contribution in [0, 0.1) is 6.92 Å². The van der Waals surface area contributed by atoms with Crippen molar-refractivity contribution in [3.63, 3.8) is 0 Å². The third-order valence-electron chi connectivity index (χ3n) is 6.65. The van der Waals surface area contributed by atoms with Crippen molar-refractivity contribution in [3.8, 4) is 11.5 Å². The van der Waals surface area contributed by atoms with Crippen LogP contribution in [0.3, 0.4) is 0 Å². The molecule has 0 atom stereocenters. The lowest BCUT2D eigenvalue weighted by Crippen LogP contribution is -2.45. The van der Waals surface area contributed by atoms with Gasteiger partial charge in [-0.2, -0.15) is 0 Å². The predicted molar refractivity (Wildman–Crippen MR) is 138 cm³/mol. The molecule has 0 aliphatic carbocycles. The minimum absolute atomic E-state index is 0.135. The smallest absolute Gasteiger partial charge is 0.232 e. The van der Waals surface area contributed by atoms with Gasteiger partial charge in [-0.25, -0.2) is 0 Å². The van der Waals surface area contributed by atoms with Gasteiger partial charge in [-0.1, -0.05) is 72.8 Å². The quantitative estimate of drug-likeness (QED) is 0.507. The average Bonchev–Trinajstić information content (AvgIpc) is 3.20. The Morgan fingerprint density at radius 2 is 1.54 bits per heavy atom. The number of rotatable bonds is 6. The molecular weight excluding hydrogens is 436 g/mol. The molecule has 0 bridgehead atoms. The van der Waals surface area contributed by atoms with Crippen molar-refractivity contribution in [2.75, 3.05) is 26.2 Å². The van der Waals surface area contributed by atoms with E-state index in [4.69, 9.17) is 4.74 Å². The van der Waals surface area contributed by atoms with Crippen molar-refractivity contribution in [1.82, 2.24) is 9.80 Å². The summed E-state index contributed by atoms with van der Waals surface area (Å²) < 4.78 is 6.05. The number of phenols is 1. The fourth-order valence-corrected chi connectivity index (χ4v) is 4.73. The highest BCUT2D eigenvalue weighted by atomic mass is 16.5. The van der Waals surface area contributed by atoms with Gasteiger partial charge in [-0.3, -0.25) is 14.6 Å². The molecule has 1 saturated heterocycles. The Kier molecular flexibility index (Phi) is 6.80. The van der Waals surface area contributed by atoms with Crippen molar-refractivity contribution in [1.29, 1.82) is 0 Å². The highest BCUT2D eigenvalue weighted by Gasteiger charge is 2.33. The van der Waals surface area contributed by atoms with Crippen LogP contribution >= 0.6 is 0 Å². The maximum Gasteiger partial charge on any atom is 0.232 e. The summed E-state index contributed by atoms with van der Waals surface area (Å²) in [7, 11) is 0. The molecule has 0 amide bonds. The van der Waals surface area contributed by atoms with Crippen LogP contribution in [0.2, 0.25) is 0 Å². The molecule has 0 saturated carbocycles. The summed E-state index contributed by atoms with van der Waals surface area (Å²) in [5.41, 5.74) is 4.34. The van der Waals surface area contributed by atoms with Crippen LogP contribution in [-0.4, -0.2) is 46.9 Å². The van der Waals surface area contributed by atoms with Crippen molar-refractivity contribution >= 4 is 11.9 Å². The van der Waals surface area contributed by atoms with E-state index >= 15 is 0 Å². The van der Waals surface area contributed by atoms with Crippen LogP contribution in [0.4, 0.5) is 0 Å². The number of ether oxygens (including phenoxy) is 1. The summed E-state index contributed by atoms with van der Waals surface area (Å²) in [5, 5.41) is 10.8. The molecule has 5 rings (SSSR count). The van der Waals surface area contributed by atoms with Crippen LogP contribution in [0.1, 0.15) is 32.6 Å². The largest absolute Gasteiger partial charge is 0.507 e. The first-order valence-corrected chi connectivity index (χ1v) is 12.1. The van der Waals surface area contributed by atoms with E-state index in [2.05, 4.69) is 34.1 Å². The molecule has 35 heavy (non-hydrogen) atoms. The Balaban J connectivity index is 1.28. The van der Waals surface area contributed by atoms with Crippen LogP contribution in [-0.2, 0) is 13.1 Å². The number of nitrogens with zero attached hydrogens (tertiary/aromatic N) is 2. The molecule has 0 unspecified atom stereocenters. The van der Waals surface area contributed by atoms with Gasteiger partial charge in [-0.05, 0) is 35.8 Å². The number of Topliss-reactive ketones (excluding diaryl/α,β-unsaturated/α-hetero) is 1. The molecule has 2 heterocycles. The summed E-state index contributed by atoms with van der Waals surface area (Å²) in [6.45, 7) is 7.04. The summed E-state index contributed by atoms with van der Waals surface area (Å²) in [6.07, 6.45) is 5.47. The number of phenolic OH excluding ortho intramolecular Hbond substituents is 1. The first-order chi connectivity index (χ1) is 17.1. The zero-order chi connectivity index (χ0) is 24.2. The monoisotopic (exact) mass is 466 g/mol. The van der Waals surface area contributed by atoms with Gasteiger partial charge in [0, 0.05) is 39.3 Å². The number of piperazine rings is 1. The van der Waals surface area contributed by atoms with Gasteiger partial charge >= 0.3 is 0 Å². The molecule has 1 N–H and O–H groups in total. The standard InChI is InChI=1S/C30H30N2O3/c1-22-19-26(33)25(21-32-17-15-31(16-18-32)20-24-11-6-3-7-12-24)30-28(22)29(34)27(35-30)14-8-13-23-9-4-2-5-10-23/h2-14,19,33H,15-18,20-21H2,1H3/b13-8+,27-14-. The van der Waals surface area contributed by atoms with Gasteiger partial charge in [-0.15, -0.1) is 0 Å². The lowest BCUT2D eigenvalue weighted by Gasteiger charge is -2.35. The minimum Gasteiger partial charge on any atom is -0.507 e. The predicted octanol–water partition coefficient (Wildman–Crippen LogP) is 5.19. The summed E-state index contributed by atoms with van der Waals surface area (Å²) >= 11 is 0. The van der Waals surface area contributed by atoms with Gasteiger partial charge in [0.05, 0.1) is 11.1 Å². The highest BCUT2D eigenvalue weighted by Crippen LogP contribution is 2.42. The molecule has 178 valence electrons. The molecule has 0 radical (unpaired) electrons. The van der Waals surface area contributed by atoms with Crippen molar-refractivity contribution < 1.29 is 14.6 Å². The third kappa shape index (κ3) is 5.21. The van der Waals surface area contributed by atoms with Crippen molar-refractivity contribution in [3.05, 3.63) is 112 Å². The van der Waals surface area contributed by atoms with E-state index in [1.54, 1.807) is 12.1 Å². The molecule has 0 spiro atoms. The topological polar surface area (TPSA) is 53.0 Å². The van der Waals surface area contributed by atoms with Crippen LogP contribution in [0.25, 0.3) is 6.08 Å².